The van der Waals surface area contributed by atoms with Crippen molar-refractivity contribution in [3.63, 3.8) is 0 Å². The van der Waals surface area contributed by atoms with Crippen LogP contribution < -0.4 is 10.5 Å². The smallest absolute Gasteiger partial charge is 0.328 e. The Morgan fingerprint density at radius 2 is 1.84 bits per heavy atom. The first-order chi connectivity index (χ1) is 8.81. The third kappa shape index (κ3) is 4.41. The van der Waals surface area contributed by atoms with Gasteiger partial charge >= 0.3 is 5.97 Å². The Balaban J connectivity index is 2.91. The van der Waals surface area contributed by atoms with E-state index in [4.69, 9.17) is 15.2 Å². The Kier molecular flexibility index (Phi) is 5.12. The van der Waals surface area contributed by atoms with Crippen LogP contribution in [0.5, 0.6) is 5.75 Å². The van der Waals surface area contributed by atoms with Gasteiger partial charge in [0.15, 0.2) is 0 Å². The van der Waals surface area contributed by atoms with E-state index in [9.17, 15) is 9.59 Å². The topological polar surface area (TPSA) is 78.6 Å². The van der Waals surface area contributed by atoms with Gasteiger partial charge in [0, 0.05) is 0 Å². The summed E-state index contributed by atoms with van der Waals surface area (Å²) in [4.78, 5) is 22.3. The van der Waals surface area contributed by atoms with Crippen LogP contribution in [0.2, 0.25) is 0 Å². The lowest BCUT2D eigenvalue weighted by Crippen LogP contribution is -2.31. The van der Waals surface area contributed by atoms with Gasteiger partial charge in [0.1, 0.15) is 18.4 Å². The maximum Gasteiger partial charge on any atom is 0.328 e. The molecule has 19 heavy (non-hydrogen) atoms. The highest BCUT2D eigenvalue weighted by Gasteiger charge is 2.14. The SMILES string of the molecule is BC(=O)OCc1cc(C)c(OC(=O)C(C)N)c(C)c1. The third-order valence-corrected chi connectivity index (χ3v) is 2.54. The summed E-state index contributed by atoms with van der Waals surface area (Å²) in [5.74, 6) is -0.296. The molecule has 102 valence electrons. The molecular weight excluding hydrogens is 245 g/mol. The number of aryl methyl sites for hydroxylation is 2. The van der Waals surface area contributed by atoms with E-state index in [2.05, 4.69) is 0 Å². The maximum absolute atomic E-state index is 11.5. The number of hydrogen-bond acceptors (Lipinski definition) is 5. The van der Waals surface area contributed by atoms with E-state index in [1.807, 2.05) is 26.0 Å². The molecule has 0 radical (unpaired) electrons. The van der Waals surface area contributed by atoms with Crippen LogP contribution in [-0.2, 0) is 16.1 Å². The Bertz CT molecular complexity index is 476. The van der Waals surface area contributed by atoms with Gasteiger partial charge in [-0.3, -0.25) is 4.79 Å². The van der Waals surface area contributed by atoms with E-state index in [0.29, 0.717) is 5.75 Å². The van der Waals surface area contributed by atoms with Crippen molar-refractivity contribution in [3.8, 4) is 5.75 Å². The summed E-state index contributed by atoms with van der Waals surface area (Å²) in [6, 6.07) is 2.97. The minimum Gasteiger partial charge on any atom is -0.469 e. The fraction of sp³-hybridized carbons (Fsp3) is 0.385. The molecule has 1 aromatic carbocycles. The number of benzene rings is 1. The fourth-order valence-electron chi connectivity index (χ4n) is 1.66. The van der Waals surface area contributed by atoms with Crippen molar-refractivity contribution in [2.24, 2.45) is 5.73 Å². The normalized spacial score (nSPS) is 11.8. The second-order valence-electron chi connectivity index (χ2n) is 4.55. The zero-order valence-corrected chi connectivity index (χ0v) is 11.6. The average Bonchev–Trinajstić information content (AvgIpc) is 2.30. The highest BCUT2D eigenvalue weighted by atomic mass is 16.5. The molecule has 0 amide bonds. The molecule has 0 spiro atoms. The fourth-order valence-corrected chi connectivity index (χ4v) is 1.66. The molecule has 0 saturated heterocycles. The Morgan fingerprint density at radius 3 is 2.26 bits per heavy atom. The summed E-state index contributed by atoms with van der Waals surface area (Å²) in [5, 5.41) is 0. The highest BCUT2D eigenvalue weighted by molar-refractivity contribution is 6.55. The molecule has 0 fully saturated rings. The number of hydrogen-bond donors (Lipinski definition) is 1. The molecule has 5 nitrogen and oxygen atoms in total. The van der Waals surface area contributed by atoms with Gasteiger partial charge in [-0.1, -0.05) is 0 Å². The Morgan fingerprint density at radius 1 is 1.32 bits per heavy atom. The van der Waals surface area contributed by atoms with Crippen molar-refractivity contribution in [3.05, 3.63) is 28.8 Å². The van der Waals surface area contributed by atoms with Crippen LogP contribution in [0.4, 0.5) is 4.79 Å². The molecule has 1 atom stereocenters. The van der Waals surface area contributed by atoms with Crippen molar-refractivity contribution in [1.29, 1.82) is 0 Å². The molecule has 2 N–H and O–H groups in total. The van der Waals surface area contributed by atoms with E-state index < -0.39 is 12.0 Å². The van der Waals surface area contributed by atoms with Crippen molar-refractivity contribution in [1.82, 2.24) is 0 Å². The molecule has 0 bridgehead atoms. The molecule has 1 rings (SSSR count). The third-order valence-electron chi connectivity index (χ3n) is 2.54. The monoisotopic (exact) mass is 263 g/mol. The zero-order valence-electron chi connectivity index (χ0n) is 11.6. The molecule has 1 aromatic rings. The summed E-state index contributed by atoms with van der Waals surface area (Å²) in [6.07, 6.45) is 0. The number of esters is 1. The van der Waals surface area contributed by atoms with E-state index >= 15 is 0 Å². The van der Waals surface area contributed by atoms with Crippen LogP contribution in [0.25, 0.3) is 0 Å². The molecule has 0 aliphatic carbocycles. The number of carbonyl (C=O) groups is 2. The maximum atomic E-state index is 11.5. The standard InChI is InChI=1S/C13H18BNO4/c1-7-4-10(6-18-13(14)17)5-8(2)11(7)19-12(16)9(3)15/h4-5,9H,6,14-15H2,1-3H3. The Hall–Kier alpha value is -1.82. The van der Waals surface area contributed by atoms with Gasteiger partial charge in [0.25, 0.3) is 0 Å². The van der Waals surface area contributed by atoms with Crippen molar-refractivity contribution in [2.45, 2.75) is 33.4 Å². The first-order valence-electron chi connectivity index (χ1n) is 6.02. The first-order valence-corrected chi connectivity index (χ1v) is 6.02. The van der Waals surface area contributed by atoms with E-state index in [0.717, 1.165) is 16.7 Å². The summed E-state index contributed by atoms with van der Waals surface area (Å²) >= 11 is 0. The number of ether oxygens (including phenoxy) is 2. The Labute approximate surface area is 113 Å². The molecule has 0 heterocycles. The average molecular weight is 263 g/mol. The summed E-state index contributed by atoms with van der Waals surface area (Å²) in [5.41, 5.74) is 7.92. The van der Waals surface area contributed by atoms with Crippen LogP contribution in [-0.4, -0.2) is 25.7 Å². The van der Waals surface area contributed by atoms with Gasteiger partial charge in [-0.25, -0.2) is 4.79 Å². The molecule has 6 heteroatoms. The van der Waals surface area contributed by atoms with Gasteiger partial charge in [0.05, 0.1) is 0 Å². The van der Waals surface area contributed by atoms with Crippen molar-refractivity contribution in [2.75, 3.05) is 0 Å². The van der Waals surface area contributed by atoms with Crippen LogP contribution in [0.1, 0.15) is 23.6 Å². The van der Waals surface area contributed by atoms with Crippen molar-refractivity contribution >= 4 is 19.7 Å². The van der Waals surface area contributed by atoms with Crippen LogP contribution >= 0.6 is 0 Å². The van der Waals surface area contributed by atoms with Crippen LogP contribution in [0.15, 0.2) is 12.1 Å². The first kappa shape index (κ1) is 15.2. The number of nitrogens with two attached hydrogens (primary N) is 1. The lowest BCUT2D eigenvalue weighted by molar-refractivity contribution is -0.135. The zero-order chi connectivity index (χ0) is 14.6. The quantitative estimate of drug-likeness (QED) is 0.494. The molecule has 0 aliphatic heterocycles. The van der Waals surface area contributed by atoms with E-state index in [1.165, 1.54) is 7.85 Å². The van der Waals surface area contributed by atoms with Gasteiger partial charge < -0.3 is 15.2 Å². The minimum absolute atomic E-state index is 0.207. The number of rotatable bonds is 4. The van der Waals surface area contributed by atoms with Gasteiger partial charge in [-0.2, -0.15) is 0 Å². The van der Waals surface area contributed by atoms with Crippen LogP contribution in [0.3, 0.4) is 0 Å². The van der Waals surface area contributed by atoms with Gasteiger partial charge in [-0.05, 0) is 49.6 Å². The van der Waals surface area contributed by atoms with Gasteiger partial charge in [-0.15, -0.1) is 0 Å². The molecule has 0 aromatic heterocycles. The second-order valence-corrected chi connectivity index (χ2v) is 4.55. The van der Waals surface area contributed by atoms with E-state index in [-0.39, 0.29) is 12.5 Å². The van der Waals surface area contributed by atoms with Crippen molar-refractivity contribution < 1.29 is 19.1 Å². The molecule has 0 aliphatic rings. The lowest BCUT2D eigenvalue weighted by Gasteiger charge is -2.14. The number of carbonyl (C=O) groups excluding carboxylic acids is 2. The largest absolute Gasteiger partial charge is 0.469 e. The summed E-state index contributed by atoms with van der Waals surface area (Å²) < 4.78 is 10.2. The summed E-state index contributed by atoms with van der Waals surface area (Å²) in [6.45, 7) is 5.43. The van der Waals surface area contributed by atoms with Crippen LogP contribution in [0, 0.1) is 13.8 Å². The summed E-state index contributed by atoms with van der Waals surface area (Å²) in [7, 11) is 1.36. The molecule has 1 unspecified atom stereocenters. The lowest BCUT2D eigenvalue weighted by atomic mass is 10.1. The molecular formula is C13H18BNO4. The highest BCUT2D eigenvalue weighted by Crippen LogP contribution is 2.25. The minimum atomic E-state index is -0.667. The predicted octanol–water partition coefficient (Wildman–Crippen LogP) is 0.826. The second kappa shape index (κ2) is 6.38. The van der Waals surface area contributed by atoms with E-state index in [1.54, 1.807) is 6.92 Å². The molecule has 0 saturated carbocycles. The predicted molar refractivity (Wildman–Crippen MR) is 73.9 cm³/mol. The van der Waals surface area contributed by atoms with Gasteiger partial charge in [0.2, 0.25) is 13.7 Å².